The second-order valence-corrected chi connectivity index (χ2v) is 11.4. The summed E-state index contributed by atoms with van der Waals surface area (Å²) in [5.74, 6) is -2.45. The molecule has 0 spiro atoms. The van der Waals surface area contributed by atoms with Gasteiger partial charge >= 0.3 is 5.97 Å². The molecule has 0 saturated heterocycles. The molecule has 0 saturated carbocycles. The Morgan fingerprint density at radius 3 is 2.37 bits per heavy atom. The van der Waals surface area contributed by atoms with Gasteiger partial charge in [-0.3, -0.25) is 24.5 Å². The standard InChI is InChI=1S/C32H28N4O9S/c1-21-7-5-6-8-22(21)11-16-30(37)34-23-12-14-26(29(19-23)45-24-9-3-2-4-10-24)32(40)35-46(43,44)25-13-15-27(28(20-25)36(41)42)33-18-17-31(38)39/h2-16,19-20,33H,17-18H2,1H3,(H,34,37)(H,35,40)(H,38,39). The van der Waals surface area contributed by atoms with Crippen molar-refractivity contribution < 1.29 is 37.6 Å². The van der Waals surface area contributed by atoms with Crippen molar-refractivity contribution in [2.75, 3.05) is 17.2 Å². The number of carbonyl (C=O) groups is 3. The minimum absolute atomic E-state index is 0.0801. The number of sulfonamides is 1. The first-order chi connectivity index (χ1) is 21.9. The van der Waals surface area contributed by atoms with Gasteiger partial charge in [0.15, 0.2) is 0 Å². The normalized spacial score (nSPS) is 11.1. The number of nitro groups is 1. The number of benzene rings is 4. The summed E-state index contributed by atoms with van der Waals surface area (Å²) < 4.78 is 34.1. The van der Waals surface area contributed by atoms with Gasteiger partial charge in [0.1, 0.15) is 17.2 Å². The molecule has 0 aliphatic heterocycles. The third-order valence-corrected chi connectivity index (χ3v) is 7.75. The monoisotopic (exact) mass is 644 g/mol. The van der Waals surface area contributed by atoms with Crippen molar-refractivity contribution in [2.24, 2.45) is 0 Å². The molecule has 0 heterocycles. The van der Waals surface area contributed by atoms with Crippen LogP contribution in [0.2, 0.25) is 0 Å². The number of carboxylic acid groups (broad SMARTS) is 1. The van der Waals surface area contributed by atoms with Crippen molar-refractivity contribution in [1.82, 2.24) is 4.72 Å². The molecule has 4 aromatic rings. The highest BCUT2D eigenvalue weighted by Crippen LogP contribution is 2.30. The zero-order chi connectivity index (χ0) is 33.3. The van der Waals surface area contributed by atoms with E-state index in [1.807, 2.05) is 35.9 Å². The lowest BCUT2D eigenvalue weighted by atomic mass is 10.1. The Hall–Kier alpha value is -6.02. The maximum absolute atomic E-state index is 13.3. The van der Waals surface area contributed by atoms with Crippen molar-refractivity contribution in [3.8, 4) is 11.5 Å². The smallest absolute Gasteiger partial charge is 0.305 e. The van der Waals surface area contributed by atoms with E-state index in [2.05, 4.69) is 10.6 Å². The highest BCUT2D eigenvalue weighted by Gasteiger charge is 2.25. The summed E-state index contributed by atoms with van der Waals surface area (Å²) in [7, 11) is -4.63. The number of aliphatic carboxylic acids is 1. The number of para-hydroxylation sites is 1. The molecule has 4 N–H and O–H groups in total. The van der Waals surface area contributed by atoms with Crippen LogP contribution < -0.4 is 20.1 Å². The Balaban J connectivity index is 1.58. The quantitative estimate of drug-likeness (QED) is 0.0837. The molecule has 14 heteroatoms. The third-order valence-electron chi connectivity index (χ3n) is 6.43. The van der Waals surface area contributed by atoms with E-state index in [1.165, 1.54) is 24.3 Å². The molecule has 0 aliphatic rings. The molecule has 0 unspecified atom stereocenters. The Morgan fingerprint density at radius 1 is 0.957 bits per heavy atom. The van der Waals surface area contributed by atoms with Crippen molar-refractivity contribution in [3.63, 3.8) is 0 Å². The minimum Gasteiger partial charge on any atom is -0.481 e. The average molecular weight is 645 g/mol. The van der Waals surface area contributed by atoms with E-state index in [0.29, 0.717) is 5.75 Å². The van der Waals surface area contributed by atoms with Crippen LogP contribution in [0, 0.1) is 17.0 Å². The maximum atomic E-state index is 13.3. The zero-order valence-corrected chi connectivity index (χ0v) is 25.1. The molecule has 236 valence electrons. The van der Waals surface area contributed by atoms with Gasteiger partial charge in [-0.1, -0.05) is 42.5 Å². The van der Waals surface area contributed by atoms with Gasteiger partial charge in [0, 0.05) is 30.4 Å². The van der Waals surface area contributed by atoms with Gasteiger partial charge in [-0.05, 0) is 60.5 Å². The summed E-state index contributed by atoms with van der Waals surface area (Å²) in [5.41, 5.74) is 1.15. The molecule has 46 heavy (non-hydrogen) atoms. The van der Waals surface area contributed by atoms with Crippen LogP contribution >= 0.6 is 0 Å². The highest BCUT2D eigenvalue weighted by atomic mass is 32.2. The number of rotatable bonds is 13. The Labute approximate surface area is 263 Å². The second-order valence-electron chi connectivity index (χ2n) is 9.75. The van der Waals surface area contributed by atoms with Gasteiger partial charge in [0.2, 0.25) is 5.91 Å². The summed E-state index contributed by atoms with van der Waals surface area (Å²) >= 11 is 0. The predicted molar refractivity (Wildman–Crippen MR) is 170 cm³/mol. The number of carboxylic acids is 1. The van der Waals surface area contributed by atoms with Gasteiger partial charge < -0.3 is 20.5 Å². The summed E-state index contributed by atoms with van der Waals surface area (Å²) in [6.07, 6.45) is 2.67. The van der Waals surface area contributed by atoms with Crippen LogP contribution in [-0.2, 0) is 19.6 Å². The van der Waals surface area contributed by atoms with E-state index in [-0.39, 0.29) is 35.7 Å². The molecule has 4 rings (SSSR count). The van der Waals surface area contributed by atoms with Gasteiger partial charge in [0.25, 0.3) is 21.6 Å². The Morgan fingerprint density at radius 2 is 1.67 bits per heavy atom. The largest absolute Gasteiger partial charge is 0.481 e. The summed E-state index contributed by atoms with van der Waals surface area (Å²) in [5, 5.41) is 25.7. The van der Waals surface area contributed by atoms with E-state index < -0.39 is 43.3 Å². The molecule has 4 aromatic carbocycles. The van der Waals surface area contributed by atoms with Crippen LogP contribution in [0.1, 0.15) is 27.9 Å². The van der Waals surface area contributed by atoms with Crippen LogP contribution in [0.15, 0.2) is 102 Å². The molecule has 0 atom stereocenters. The first-order valence-corrected chi connectivity index (χ1v) is 15.1. The molecular formula is C32H28N4O9S. The third kappa shape index (κ3) is 8.76. The number of nitrogens with one attached hydrogen (secondary N) is 3. The number of carbonyl (C=O) groups excluding carboxylic acids is 2. The van der Waals surface area contributed by atoms with E-state index in [9.17, 15) is 32.9 Å². The Bertz CT molecular complexity index is 1930. The van der Waals surface area contributed by atoms with Gasteiger partial charge in [-0.15, -0.1) is 0 Å². The SMILES string of the molecule is Cc1ccccc1C=CC(=O)Nc1ccc(C(=O)NS(=O)(=O)c2ccc(NCCC(=O)O)c([N+](=O)[O-])c2)c(Oc2ccccc2)c1. The lowest BCUT2D eigenvalue weighted by Gasteiger charge is -2.14. The number of anilines is 2. The fraction of sp³-hybridized carbons (Fsp3) is 0.0938. The topological polar surface area (TPSA) is 194 Å². The van der Waals surface area contributed by atoms with Gasteiger partial charge in [-0.25, -0.2) is 13.1 Å². The summed E-state index contributed by atoms with van der Waals surface area (Å²) in [6.45, 7) is 1.77. The fourth-order valence-corrected chi connectivity index (χ4v) is 5.12. The summed E-state index contributed by atoms with van der Waals surface area (Å²) in [6, 6.07) is 22.8. The van der Waals surface area contributed by atoms with E-state index in [1.54, 1.807) is 36.4 Å². The predicted octanol–water partition coefficient (Wildman–Crippen LogP) is 5.35. The van der Waals surface area contributed by atoms with Crippen molar-refractivity contribution >= 4 is 50.9 Å². The molecule has 13 nitrogen and oxygen atoms in total. The lowest BCUT2D eigenvalue weighted by Crippen LogP contribution is -2.31. The van der Waals surface area contributed by atoms with Gasteiger partial charge in [-0.2, -0.15) is 0 Å². The summed E-state index contributed by atoms with van der Waals surface area (Å²) in [4.78, 5) is 46.9. The zero-order valence-electron chi connectivity index (χ0n) is 24.3. The lowest BCUT2D eigenvalue weighted by molar-refractivity contribution is -0.384. The number of ether oxygens (including phenoxy) is 1. The maximum Gasteiger partial charge on any atom is 0.305 e. The van der Waals surface area contributed by atoms with Crippen LogP contribution in [0.4, 0.5) is 17.1 Å². The van der Waals surface area contributed by atoms with Crippen LogP contribution in [0.3, 0.4) is 0 Å². The second kappa shape index (κ2) is 14.6. The number of nitro benzene ring substituents is 1. The van der Waals surface area contributed by atoms with Crippen LogP contribution in [0.5, 0.6) is 11.5 Å². The first kappa shape index (κ1) is 32.9. The van der Waals surface area contributed by atoms with E-state index in [0.717, 1.165) is 29.3 Å². The molecular weight excluding hydrogens is 616 g/mol. The highest BCUT2D eigenvalue weighted by molar-refractivity contribution is 7.90. The number of aryl methyl sites for hydroxylation is 1. The molecule has 0 fully saturated rings. The van der Waals surface area contributed by atoms with Crippen LogP contribution in [0.25, 0.3) is 6.08 Å². The molecule has 0 aromatic heterocycles. The van der Waals surface area contributed by atoms with Crippen molar-refractivity contribution in [3.05, 3.63) is 124 Å². The van der Waals surface area contributed by atoms with Crippen LogP contribution in [-0.4, -0.2) is 42.8 Å². The number of nitrogens with zero attached hydrogens (tertiary/aromatic N) is 1. The van der Waals surface area contributed by atoms with Crippen molar-refractivity contribution in [2.45, 2.75) is 18.2 Å². The molecule has 2 amide bonds. The van der Waals surface area contributed by atoms with Gasteiger partial charge in [0.05, 0.1) is 21.8 Å². The van der Waals surface area contributed by atoms with E-state index in [4.69, 9.17) is 9.84 Å². The number of hydrogen-bond donors (Lipinski definition) is 4. The number of hydrogen-bond acceptors (Lipinski definition) is 9. The molecule has 0 radical (unpaired) electrons. The van der Waals surface area contributed by atoms with Crippen molar-refractivity contribution in [1.29, 1.82) is 0 Å². The molecule has 0 aliphatic carbocycles. The minimum atomic E-state index is -4.63. The number of amides is 2. The Kier molecular flexibility index (Phi) is 10.5. The first-order valence-electron chi connectivity index (χ1n) is 13.7. The fourth-order valence-electron chi connectivity index (χ4n) is 4.13. The van der Waals surface area contributed by atoms with E-state index >= 15 is 0 Å². The average Bonchev–Trinajstić information content (AvgIpc) is 3.01. The molecule has 0 bridgehead atoms.